The van der Waals surface area contributed by atoms with Crippen molar-refractivity contribution < 1.29 is 9.47 Å². The molecule has 0 bridgehead atoms. The Kier molecular flexibility index (Phi) is 3.52. The van der Waals surface area contributed by atoms with E-state index in [1.165, 1.54) is 5.69 Å². The van der Waals surface area contributed by atoms with Crippen LogP contribution in [0.15, 0.2) is 18.2 Å². The molecule has 0 N–H and O–H groups in total. The standard InChI is InChI=1S/C13H18N2O2S/c18-8-7-14-3-5-15(6-4-14)11-1-2-12-13(9-11)17-10-16-12/h1-2,9,18H,3-8,10H2. The fraction of sp³-hybridized carbons (Fsp3) is 0.538. The van der Waals surface area contributed by atoms with Gasteiger partial charge in [-0.2, -0.15) is 12.6 Å². The van der Waals surface area contributed by atoms with Crippen LogP contribution in [0.4, 0.5) is 5.69 Å². The first-order valence-corrected chi connectivity index (χ1v) is 6.98. The SMILES string of the molecule is SCCN1CCN(c2ccc3c(c2)OCO3)CC1. The van der Waals surface area contributed by atoms with Crippen molar-refractivity contribution in [2.75, 3.05) is 50.2 Å². The smallest absolute Gasteiger partial charge is 0.231 e. The number of piperazine rings is 1. The van der Waals surface area contributed by atoms with E-state index >= 15 is 0 Å². The highest BCUT2D eigenvalue weighted by molar-refractivity contribution is 7.80. The van der Waals surface area contributed by atoms with Crippen LogP contribution in [-0.2, 0) is 0 Å². The average Bonchev–Trinajstić information content (AvgIpc) is 2.87. The molecule has 0 aromatic heterocycles. The normalized spacial score (nSPS) is 19.3. The Balaban J connectivity index is 1.66. The lowest BCUT2D eigenvalue weighted by Gasteiger charge is -2.35. The van der Waals surface area contributed by atoms with Gasteiger partial charge in [0.2, 0.25) is 6.79 Å². The second-order valence-corrected chi connectivity index (χ2v) is 5.04. The van der Waals surface area contributed by atoms with E-state index in [1.807, 2.05) is 6.07 Å². The maximum atomic E-state index is 5.42. The van der Waals surface area contributed by atoms with E-state index in [-0.39, 0.29) is 0 Å². The topological polar surface area (TPSA) is 24.9 Å². The van der Waals surface area contributed by atoms with Gasteiger partial charge in [0.05, 0.1) is 0 Å². The van der Waals surface area contributed by atoms with E-state index in [0.717, 1.165) is 50.0 Å². The molecule has 0 aliphatic carbocycles. The summed E-state index contributed by atoms with van der Waals surface area (Å²) in [5.74, 6) is 2.65. The van der Waals surface area contributed by atoms with Crippen LogP contribution in [0, 0.1) is 0 Å². The molecule has 0 unspecified atom stereocenters. The number of fused-ring (bicyclic) bond motifs is 1. The lowest BCUT2D eigenvalue weighted by atomic mass is 10.2. The third kappa shape index (κ3) is 2.37. The predicted molar refractivity (Wildman–Crippen MR) is 75.1 cm³/mol. The summed E-state index contributed by atoms with van der Waals surface area (Å²) in [6.07, 6.45) is 0. The Hall–Kier alpha value is -1.07. The number of ether oxygens (including phenoxy) is 2. The van der Waals surface area contributed by atoms with Gasteiger partial charge in [0.25, 0.3) is 0 Å². The summed E-state index contributed by atoms with van der Waals surface area (Å²) in [7, 11) is 0. The first kappa shape index (κ1) is 12.0. The van der Waals surface area contributed by atoms with Crippen LogP contribution >= 0.6 is 12.6 Å². The van der Waals surface area contributed by atoms with Gasteiger partial charge in [-0.3, -0.25) is 4.90 Å². The zero-order valence-corrected chi connectivity index (χ0v) is 11.2. The van der Waals surface area contributed by atoms with Crippen molar-refractivity contribution in [3.8, 4) is 11.5 Å². The molecule has 0 radical (unpaired) electrons. The third-order valence-electron chi connectivity index (χ3n) is 3.51. The van der Waals surface area contributed by atoms with Crippen LogP contribution < -0.4 is 14.4 Å². The molecule has 1 fully saturated rings. The van der Waals surface area contributed by atoms with Crippen LogP contribution in [0.25, 0.3) is 0 Å². The van der Waals surface area contributed by atoms with E-state index in [0.29, 0.717) is 6.79 Å². The van der Waals surface area contributed by atoms with Crippen molar-refractivity contribution in [3.05, 3.63) is 18.2 Å². The van der Waals surface area contributed by atoms with Gasteiger partial charge in [-0.05, 0) is 12.1 Å². The molecule has 0 spiro atoms. The lowest BCUT2D eigenvalue weighted by Crippen LogP contribution is -2.46. The molecule has 0 amide bonds. The zero-order valence-electron chi connectivity index (χ0n) is 10.3. The maximum absolute atomic E-state index is 5.42. The van der Waals surface area contributed by atoms with E-state index in [1.54, 1.807) is 0 Å². The average molecular weight is 266 g/mol. The van der Waals surface area contributed by atoms with Gasteiger partial charge < -0.3 is 14.4 Å². The molecule has 1 aromatic carbocycles. The molecule has 2 aliphatic rings. The van der Waals surface area contributed by atoms with Crippen molar-refractivity contribution in [1.29, 1.82) is 0 Å². The minimum absolute atomic E-state index is 0.342. The minimum atomic E-state index is 0.342. The van der Waals surface area contributed by atoms with Crippen LogP contribution in [0.2, 0.25) is 0 Å². The first-order valence-electron chi connectivity index (χ1n) is 6.34. The summed E-state index contributed by atoms with van der Waals surface area (Å²) >= 11 is 4.28. The number of hydrogen-bond donors (Lipinski definition) is 1. The molecule has 0 saturated carbocycles. The summed E-state index contributed by atoms with van der Waals surface area (Å²) in [5.41, 5.74) is 1.23. The van der Waals surface area contributed by atoms with Gasteiger partial charge in [-0.15, -0.1) is 0 Å². The summed E-state index contributed by atoms with van der Waals surface area (Å²) in [4.78, 5) is 4.85. The second kappa shape index (κ2) is 5.28. The largest absolute Gasteiger partial charge is 0.454 e. The Morgan fingerprint density at radius 2 is 1.83 bits per heavy atom. The van der Waals surface area contributed by atoms with E-state index < -0.39 is 0 Å². The van der Waals surface area contributed by atoms with Crippen LogP contribution in [0.5, 0.6) is 11.5 Å². The number of nitrogens with zero attached hydrogens (tertiary/aromatic N) is 2. The quantitative estimate of drug-likeness (QED) is 0.838. The van der Waals surface area contributed by atoms with Gasteiger partial charge in [0.15, 0.2) is 11.5 Å². The van der Waals surface area contributed by atoms with Crippen LogP contribution in [-0.4, -0.2) is 50.2 Å². The van der Waals surface area contributed by atoms with Gasteiger partial charge in [-0.1, -0.05) is 0 Å². The van der Waals surface area contributed by atoms with Crippen LogP contribution in [0.1, 0.15) is 0 Å². The summed E-state index contributed by atoms with van der Waals surface area (Å²) in [6, 6.07) is 6.19. The highest BCUT2D eigenvalue weighted by atomic mass is 32.1. The monoisotopic (exact) mass is 266 g/mol. The number of benzene rings is 1. The molecule has 2 aliphatic heterocycles. The van der Waals surface area contributed by atoms with Gasteiger partial charge >= 0.3 is 0 Å². The highest BCUT2D eigenvalue weighted by Gasteiger charge is 2.19. The third-order valence-corrected chi connectivity index (χ3v) is 3.71. The zero-order chi connectivity index (χ0) is 12.4. The van der Waals surface area contributed by atoms with Gasteiger partial charge in [0, 0.05) is 50.2 Å². The molecular formula is C13H18N2O2S. The van der Waals surface area contributed by atoms with Crippen molar-refractivity contribution in [3.63, 3.8) is 0 Å². The molecule has 2 heterocycles. The Morgan fingerprint density at radius 1 is 1.06 bits per heavy atom. The van der Waals surface area contributed by atoms with Crippen LogP contribution in [0.3, 0.4) is 0 Å². The molecular weight excluding hydrogens is 248 g/mol. The number of thiol groups is 1. The minimum Gasteiger partial charge on any atom is -0.454 e. The van der Waals surface area contributed by atoms with Gasteiger partial charge in [0.1, 0.15) is 0 Å². The molecule has 3 rings (SSSR count). The molecule has 0 atom stereocenters. The first-order chi connectivity index (χ1) is 8.86. The Morgan fingerprint density at radius 3 is 2.61 bits per heavy atom. The fourth-order valence-electron chi connectivity index (χ4n) is 2.45. The van der Waals surface area contributed by atoms with Crippen molar-refractivity contribution >= 4 is 18.3 Å². The summed E-state index contributed by atoms with van der Waals surface area (Å²) in [6.45, 7) is 5.76. The predicted octanol–water partition coefficient (Wildman–Crippen LogP) is 1.47. The Bertz CT molecular complexity index is 419. The number of anilines is 1. The molecule has 1 saturated heterocycles. The van der Waals surface area contributed by atoms with E-state index in [9.17, 15) is 0 Å². The summed E-state index contributed by atoms with van der Waals surface area (Å²) in [5, 5.41) is 0. The molecule has 4 nitrogen and oxygen atoms in total. The van der Waals surface area contributed by atoms with E-state index in [2.05, 4.69) is 34.6 Å². The highest BCUT2D eigenvalue weighted by Crippen LogP contribution is 2.35. The molecule has 1 aromatic rings. The van der Waals surface area contributed by atoms with Crippen molar-refractivity contribution in [1.82, 2.24) is 4.90 Å². The molecule has 18 heavy (non-hydrogen) atoms. The second-order valence-electron chi connectivity index (χ2n) is 4.59. The summed E-state index contributed by atoms with van der Waals surface area (Å²) < 4.78 is 10.8. The maximum Gasteiger partial charge on any atom is 0.231 e. The molecule has 98 valence electrons. The fourth-order valence-corrected chi connectivity index (χ4v) is 2.74. The van der Waals surface area contributed by atoms with Crippen molar-refractivity contribution in [2.45, 2.75) is 0 Å². The number of rotatable bonds is 3. The Labute approximate surface area is 113 Å². The molecule has 5 heteroatoms. The van der Waals surface area contributed by atoms with E-state index in [4.69, 9.17) is 9.47 Å². The van der Waals surface area contributed by atoms with Crippen molar-refractivity contribution in [2.24, 2.45) is 0 Å². The van der Waals surface area contributed by atoms with Gasteiger partial charge in [-0.25, -0.2) is 0 Å². The lowest BCUT2D eigenvalue weighted by molar-refractivity contribution is 0.174. The number of hydrogen-bond acceptors (Lipinski definition) is 5.